The molecule has 0 saturated carbocycles. The Hall–Kier alpha value is -3.02. The van der Waals surface area contributed by atoms with Crippen molar-refractivity contribution in [3.63, 3.8) is 0 Å². The van der Waals surface area contributed by atoms with Crippen LogP contribution in [0, 0.1) is 17.8 Å². The number of hydrogen-bond donors (Lipinski definition) is 2. The molecule has 0 bridgehead atoms. The highest BCUT2D eigenvalue weighted by atomic mass is 32.1. The van der Waals surface area contributed by atoms with Gasteiger partial charge in [0.15, 0.2) is 0 Å². The molecular formula is C28H31F2NO4S. The summed E-state index contributed by atoms with van der Waals surface area (Å²) < 4.78 is 28.3. The number of aliphatic hydroxyl groups excluding tert-OH is 1. The average Bonchev–Trinajstić information content (AvgIpc) is 3.41. The number of benzene rings is 1. The summed E-state index contributed by atoms with van der Waals surface area (Å²) in [5.41, 5.74) is 1.22. The van der Waals surface area contributed by atoms with E-state index in [1.165, 1.54) is 23.8 Å². The molecule has 192 valence electrons. The van der Waals surface area contributed by atoms with Gasteiger partial charge in [-0.15, -0.1) is 23.2 Å². The molecule has 1 fully saturated rings. The van der Waals surface area contributed by atoms with Gasteiger partial charge >= 0.3 is 11.9 Å². The number of halogens is 2. The molecule has 3 atom stereocenters. The number of aryl methyl sites for hydroxylation is 2. The summed E-state index contributed by atoms with van der Waals surface area (Å²) >= 11 is 1.14. The van der Waals surface area contributed by atoms with E-state index in [0.29, 0.717) is 19.3 Å². The summed E-state index contributed by atoms with van der Waals surface area (Å²) in [5.74, 6) is 0.370. The van der Waals surface area contributed by atoms with Crippen LogP contribution in [-0.4, -0.2) is 51.6 Å². The Kier molecular flexibility index (Phi) is 9.80. The lowest BCUT2D eigenvalue weighted by atomic mass is 9.99. The minimum absolute atomic E-state index is 0.127. The molecule has 3 rings (SSSR count). The van der Waals surface area contributed by atoms with E-state index >= 15 is 0 Å². The number of carboxylic acids is 1. The van der Waals surface area contributed by atoms with Crippen LogP contribution in [0.25, 0.3) is 0 Å². The first-order valence-electron chi connectivity index (χ1n) is 12.0. The number of carbonyl (C=O) groups excluding carboxylic acids is 1. The predicted molar refractivity (Wildman–Crippen MR) is 136 cm³/mol. The molecular weight excluding hydrogens is 484 g/mol. The maximum Gasteiger partial charge on any atom is 0.345 e. The van der Waals surface area contributed by atoms with Crippen LogP contribution in [0.2, 0.25) is 0 Å². The number of nitrogens with zero attached hydrogens (tertiary/aromatic N) is 1. The van der Waals surface area contributed by atoms with Gasteiger partial charge in [0.25, 0.3) is 5.91 Å². The van der Waals surface area contributed by atoms with Crippen LogP contribution in [-0.2, 0) is 17.6 Å². The minimum Gasteiger partial charge on any atom is -0.477 e. The number of carbonyl (C=O) groups is 2. The van der Waals surface area contributed by atoms with Gasteiger partial charge in [-0.1, -0.05) is 49.4 Å². The highest BCUT2D eigenvalue weighted by Crippen LogP contribution is 2.34. The van der Waals surface area contributed by atoms with E-state index in [-0.39, 0.29) is 17.3 Å². The third-order valence-corrected chi connectivity index (χ3v) is 7.31. The Labute approximate surface area is 214 Å². The van der Waals surface area contributed by atoms with Crippen molar-refractivity contribution < 1.29 is 28.6 Å². The summed E-state index contributed by atoms with van der Waals surface area (Å²) in [5, 5.41) is 19.5. The van der Waals surface area contributed by atoms with Crippen LogP contribution >= 0.6 is 11.3 Å². The largest absolute Gasteiger partial charge is 0.477 e. The quantitative estimate of drug-likeness (QED) is 0.319. The average molecular weight is 516 g/mol. The second-order valence-corrected chi connectivity index (χ2v) is 10.2. The van der Waals surface area contributed by atoms with E-state index in [0.717, 1.165) is 34.0 Å². The maximum absolute atomic E-state index is 14.2. The monoisotopic (exact) mass is 515 g/mol. The molecule has 1 amide bonds. The third kappa shape index (κ3) is 7.74. The van der Waals surface area contributed by atoms with E-state index in [9.17, 15) is 23.5 Å². The Morgan fingerprint density at radius 2 is 1.97 bits per heavy atom. The second kappa shape index (κ2) is 12.8. The molecule has 36 heavy (non-hydrogen) atoms. The van der Waals surface area contributed by atoms with Crippen molar-refractivity contribution in [2.45, 2.75) is 63.5 Å². The molecule has 1 aliphatic heterocycles. The van der Waals surface area contributed by atoms with Gasteiger partial charge in [0, 0.05) is 30.7 Å². The van der Waals surface area contributed by atoms with Gasteiger partial charge in [-0.2, -0.15) is 8.78 Å². The fraction of sp³-hybridized carbons (Fsp3) is 0.429. The van der Waals surface area contributed by atoms with Gasteiger partial charge in [0.05, 0.1) is 12.1 Å². The number of thiophene rings is 1. The fourth-order valence-corrected chi connectivity index (χ4v) is 4.92. The first kappa shape index (κ1) is 27.6. The number of aromatic carboxylic acids is 1. The molecule has 2 aromatic rings. The van der Waals surface area contributed by atoms with Crippen molar-refractivity contribution in [3.8, 4) is 11.8 Å². The van der Waals surface area contributed by atoms with Crippen LogP contribution in [0.3, 0.4) is 0 Å². The van der Waals surface area contributed by atoms with Gasteiger partial charge < -0.3 is 15.1 Å². The van der Waals surface area contributed by atoms with Gasteiger partial charge in [-0.3, -0.25) is 4.79 Å². The highest BCUT2D eigenvalue weighted by Gasteiger charge is 2.52. The number of likely N-dealkylation sites (tertiary alicyclic amines) is 1. The standard InChI is InChI=1S/C28H31F2NO4S/c1-20(9-4-2-5-10-21-11-6-3-7-12-21)24(32)16-14-22-19-28(29,30)27(35)31(22)18-8-13-23-15-17-25(36-23)26(33)34/h3,6-7,11-12,14-17,20,22,24,32H,5,8-10,13,18-19H2,1H3,(H,33,34)/t20-,22?,24-/m1/s1. The molecule has 1 unspecified atom stereocenters. The van der Waals surface area contributed by atoms with Crippen LogP contribution in [0.4, 0.5) is 8.78 Å². The molecule has 0 aliphatic carbocycles. The van der Waals surface area contributed by atoms with Gasteiger partial charge in [0.2, 0.25) is 0 Å². The van der Waals surface area contributed by atoms with Crippen LogP contribution in [0.5, 0.6) is 0 Å². The highest BCUT2D eigenvalue weighted by molar-refractivity contribution is 7.13. The normalized spacial score (nSPS) is 18.7. The summed E-state index contributed by atoms with van der Waals surface area (Å²) in [6.45, 7) is 1.97. The second-order valence-electron chi connectivity index (χ2n) is 9.05. The van der Waals surface area contributed by atoms with Crippen molar-refractivity contribution in [2.75, 3.05) is 6.54 Å². The van der Waals surface area contributed by atoms with E-state index in [2.05, 4.69) is 24.0 Å². The lowest BCUT2D eigenvalue weighted by Gasteiger charge is -2.22. The zero-order valence-corrected chi connectivity index (χ0v) is 21.0. The van der Waals surface area contributed by atoms with E-state index in [1.807, 2.05) is 25.1 Å². The molecule has 5 nitrogen and oxygen atoms in total. The smallest absolute Gasteiger partial charge is 0.345 e. The van der Waals surface area contributed by atoms with Gasteiger partial charge in [-0.25, -0.2) is 4.79 Å². The minimum atomic E-state index is -3.44. The van der Waals surface area contributed by atoms with Crippen molar-refractivity contribution >= 4 is 23.2 Å². The van der Waals surface area contributed by atoms with Crippen molar-refractivity contribution in [1.82, 2.24) is 4.90 Å². The molecule has 0 spiro atoms. The first-order valence-corrected chi connectivity index (χ1v) is 12.9. The van der Waals surface area contributed by atoms with Crippen molar-refractivity contribution in [1.29, 1.82) is 0 Å². The summed E-state index contributed by atoms with van der Waals surface area (Å²) in [4.78, 5) is 25.5. The number of amides is 1. The molecule has 8 heteroatoms. The Morgan fingerprint density at radius 3 is 2.67 bits per heavy atom. The predicted octanol–water partition coefficient (Wildman–Crippen LogP) is 5.19. The van der Waals surface area contributed by atoms with Crippen LogP contribution in [0.15, 0.2) is 54.6 Å². The summed E-state index contributed by atoms with van der Waals surface area (Å²) in [6, 6.07) is 12.5. The zero-order chi connectivity index (χ0) is 26.1. The van der Waals surface area contributed by atoms with E-state index < -0.39 is 36.4 Å². The Bertz CT molecular complexity index is 1120. The first-order chi connectivity index (χ1) is 17.2. The van der Waals surface area contributed by atoms with E-state index in [1.54, 1.807) is 6.07 Å². The van der Waals surface area contributed by atoms with Gasteiger partial charge in [0.1, 0.15) is 4.88 Å². The Balaban J connectivity index is 1.49. The number of rotatable bonds is 11. The number of aliphatic hydroxyl groups is 1. The molecule has 0 radical (unpaired) electrons. The topological polar surface area (TPSA) is 77.8 Å². The van der Waals surface area contributed by atoms with E-state index in [4.69, 9.17) is 5.11 Å². The van der Waals surface area contributed by atoms with Crippen molar-refractivity contribution in [3.05, 3.63) is 69.9 Å². The summed E-state index contributed by atoms with van der Waals surface area (Å²) in [7, 11) is 0. The zero-order valence-electron chi connectivity index (χ0n) is 20.2. The molecule has 1 aliphatic rings. The number of alkyl halides is 2. The lowest BCUT2D eigenvalue weighted by Crippen LogP contribution is -2.36. The lowest BCUT2D eigenvalue weighted by molar-refractivity contribution is -0.148. The van der Waals surface area contributed by atoms with Gasteiger partial charge in [-0.05, 0) is 42.9 Å². The van der Waals surface area contributed by atoms with Crippen molar-refractivity contribution in [2.24, 2.45) is 5.92 Å². The summed E-state index contributed by atoms with van der Waals surface area (Å²) in [6.07, 6.45) is 4.48. The molecule has 1 aromatic carbocycles. The molecule has 2 N–H and O–H groups in total. The van der Waals surface area contributed by atoms with Crippen LogP contribution < -0.4 is 0 Å². The molecule has 1 aromatic heterocycles. The number of carboxylic acid groups (broad SMARTS) is 1. The fourth-order valence-electron chi connectivity index (χ4n) is 4.04. The SMILES string of the molecule is C[C@H](CC#CCCc1ccccc1)[C@H](O)C=CC1CC(F)(F)C(=O)N1CCCc1ccc(C(=O)O)s1. The maximum atomic E-state index is 14.2. The molecule has 1 saturated heterocycles. The third-order valence-electron chi connectivity index (χ3n) is 6.18. The van der Waals surface area contributed by atoms with Crippen LogP contribution in [0.1, 0.15) is 52.7 Å². The Morgan fingerprint density at radius 1 is 1.22 bits per heavy atom. The molecule has 2 heterocycles. The number of hydrogen-bond acceptors (Lipinski definition) is 4.